The van der Waals surface area contributed by atoms with E-state index in [-0.39, 0.29) is 201 Å². The van der Waals surface area contributed by atoms with Gasteiger partial charge in [-0.3, -0.25) is 13.6 Å². The molecule has 14 rings (SSSR count). The molecule has 6 saturated heterocycles. The van der Waals surface area contributed by atoms with Crippen LogP contribution in [0.4, 0.5) is 14.4 Å². The van der Waals surface area contributed by atoms with Crippen LogP contribution in [0, 0.1) is 35.5 Å². The zero-order valence-electron chi connectivity index (χ0n) is 81.1. The number of hydrogen-bond acceptors (Lipinski definition) is 30. The molecule has 6 heterocycles. The van der Waals surface area contributed by atoms with Gasteiger partial charge in [0.05, 0.1) is 145 Å². The average molecular weight is 2070 g/mol. The third kappa shape index (κ3) is 34.6. The summed E-state index contributed by atoms with van der Waals surface area (Å²) in [7, 11) is -18.1. The standard InChI is InChI=1S/C42H51N2O11PS.C28H39N2O11PS.C28H38N2O8S.2Na/c1-31(2)26-44(57(47,48)36-21-19-35(49-3)20-22-36)27-39(55-56(46,52-28-33-15-9-5-10-16-33)53-29-34-17-11-6-12-18-34)38(25-32-13-7-4-8-14-32)43-42(45)54-40-30-51-41-37(40)23-24-50-41;1-19(2)16-30(43(35,36)22-11-9-21(37-3)10-12-22)17-25(41-42(32,33)34)24(15-20-7-5-4-6-8-20)29-28(31)40-26-18-39-27-23(26)13-14-38-27;1-19(2)16-30(39(33,34)22-11-9-21(35-3)10-12-22)17-25(31)24(15-20-7-5-4-6-8-20)29-28(32)38-26-18-37-27-23(26)13-14-36-27;;/h4-22,31,37-41H,23-30H2,1-3H3,(H,43,45);4-12,19,23-27H,13-18H2,1-3H3,(H,29,31)(H2,32,33,34);4-12,19,23-27,31H,13-18H2,1-3H3,(H,29,32);;/q;;;2*+1/p-2/t37-,38-,39+,40-,41+;2*23-,24-,25+,26-,27+;;/m000../s1. The number of nitrogens with one attached hydrogen (secondary N) is 3. The molecule has 0 bridgehead atoms. The number of ether oxygens (including phenoxy) is 12. The number of hydrogen-bond donors (Lipinski definition) is 4. The van der Waals surface area contributed by atoms with Gasteiger partial charge in [-0.15, -0.1) is 0 Å². The fourth-order valence-electron chi connectivity index (χ4n) is 16.9. The molecule has 6 fully saturated rings. The van der Waals surface area contributed by atoms with E-state index in [9.17, 15) is 63.7 Å². The van der Waals surface area contributed by atoms with Gasteiger partial charge in [0.1, 0.15) is 41.7 Å². The Kier molecular flexibility index (Phi) is 45.4. The molecule has 141 heavy (non-hydrogen) atoms. The van der Waals surface area contributed by atoms with Crippen molar-refractivity contribution in [1.82, 2.24) is 28.9 Å². The zero-order chi connectivity index (χ0) is 99.4. The molecular weight excluding hydrogens is 1950 g/mol. The van der Waals surface area contributed by atoms with E-state index in [0.717, 1.165) is 21.9 Å². The molecule has 0 radical (unpaired) electrons. The predicted molar refractivity (Wildman–Crippen MR) is 507 cm³/mol. The number of nitrogens with zero attached hydrogens (tertiary/aromatic N) is 3. The first kappa shape index (κ1) is 116. The molecule has 8 aromatic rings. The normalized spacial score (nSPS) is 20.7. The van der Waals surface area contributed by atoms with E-state index in [4.69, 9.17) is 74.9 Å². The van der Waals surface area contributed by atoms with Crippen molar-refractivity contribution >= 4 is 64.0 Å². The summed E-state index contributed by atoms with van der Waals surface area (Å²) < 4.78 is 204. The maximum atomic E-state index is 15.0. The maximum absolute atomic E-state index is 15.0. The molecule has 758 valence electrons. The SMILES string of the molecule is COc1ccc(S(=O)(=O)N(CC(C)C)C[C@@H](O)[C@H](Cc2ccccc2)NC(=O)O[C@H]2CO[C@H]3OCC[C@H]32)cc1.COc1ccc(S(=O)(=O)N(CC(C)C)C[C@@H](OP(=O)(OCc2ccccc2)OCc2ccccc2)[C@H](Cc2ccccc2)NC(=O)O[C@H]2CO[C@H]3OCC[C@H]32)cc1.COc1ccc(S(=O)(=O)N(CC(C)C)C[C@@H](OP(=O)([O-])[O-])[C@H](Cc2ccccc2)NC(=O)O[C@H]2CO[C@H]3OCC[C@H]32)cc1.[Na+].[Na+]. The van der Waals surface area contributed by atoms with Crippen molar-refractivity contribution in [3.8, 4) is 17.2 Å². The smallest absolute Gasteiger partial charge is 0.790 e. The monoisotopic (exact) mass is 2070 g/mol. The van der Waals surface area contributed by atoms with Gasteiger partial charge in [-0.25, -0.2) is 44.2 Å². The van der Waals surface area contributed by atoms with Gasteiger partial charge >= 0.3 is 85.2 Å². The minimum absolute atomic E-state index is 0. The summed E-state index contributed by atoms with van der Waals surface area (Å²) in [6, 6.07) is 60.7. The van der Waals surface area contributed by atoms with Crippen LogP contribution in [0.1, 0.15) is 88.6 Å². The Morgan fingerprint density at radius 1 is 0.383 bits per heavy atom. The Hall–Kier alpha value is -7.36. The molecule has 0 unspecified atom stereocenters. The Morgan fingerprint density at radius 3 is 0.936 bits per heavy atom. The number of carbonyl (C=O) groups is 3. The van der Waals surface area contributed by atoms with E-state index in [2.05, 4.69) is 16.0 Å². The Bertz CT molecular complexity index is 5580. The summed E-state index contributed by atoms with van der Waals surface area (Å²) in [6.07, 6.45) is -6.84. The van der Waals surface area contributed by atoms with Crippen molar-refractivity contribution in [3.63, 3.8) is 0 Å². The van der Waals surface area contributed by atoms with Crippen LogP contribution in [0.5, 0.6) is 17.2 Å². The van der Waals surface area contributed by atoms with Crippen LogP contribution in [0.15, 0.2) is 239 Å². The third-order valence-electron chi connectivity index (χ3n) is 23.8. The molecule has 0 aliphatic carbocycles. The average Bonchev–Trinajstić information content (AvgIpc) is 1.80. The number of fused-ring (bicyclic) bond motifs is 3. The largest absolute Gasteiger partial charge is 1.00 e. The minimum Gasteiger partial charge on any atom is -0.790 e. The van der Waals surface area contributed by atoms with E-state index in [1.807, 2.05) is 149 Å². The number of aliphatic hydroxyl groups is 1. The second-order valence-electron chi connectivity index (χ2n) is 35.7. The summed E-state index contributed by atoms with van der Waals surface area (Å²) in [5, 5.41) is 19.8. The molecule has 0 aromatic heterocycles. The van der Waals surface area contributed by atoms with Gasteiger partial charge in [0.25, 0.3) is 0 Å². The van der Waals surface area contributed by atoms with Gasteiger partial charge < -0.3 is 96.8 Å². The summed E-state index contributed by atoms with van der Waals surface area (Å²) in [6.45, 7) is 12.1. The van der Waals surface area contributed by atoms with Crippen molar-refractivity contribution in [2.24, 2.45) is 35.5 Å². The van der Waals surface area contributed by atoms with E-state index >= 15 is 0 Å². The van der Waals surface area contributed by atoms with Crippen molar-refractivity contribution in [2.75, 3.05) is 100 Å². The first-order chi connectivity index (χ1) is 66.5. The first-order valence-electron chi connectivity index (χ1n) is 46.2. The van der Waals surface area contributed by atoms with Crippen LogP contribution in [0.2, 0.25) is 0 Å². The summed E-state index contributed by atoms with van der Waals surface area (Å²) in [4.78, 5) is 64.0. The molecular formula is C98H126N6Na2O30P2S3. The third-order valence-corrected chi connectivity index (χ3v) is 31.3. The van der Waals surface area contributed by atoms with Gasteiger partial charge in [-0.2, -0.15) is 12.9 Å². The van der Waals surface area contributed by atoms with E-state index in [1.165, 1.54) is 78.5 Å². The fraction of sp³-hybridized carbons (Fsp3) is 0.480. The predicted octanol–water partition coefficient (Wildman–Crippen LogP) is 5.83. The Balaban J connectivity index is 0.000000221. The minimum atomic E-state index is -5.66. The van der Waals surface area contributed by atoms with Gasteiger partial charge in [0.15, 0.2) is 18.9 Å². The van der Waals surface area contributed by atoms with E-state index < -0.39 is 138 Å². The second kappa shape index (κ2) is 55.4. The van der Waals surface area contributed by atoms with Gasteiger partial charge in [-0.05, 0) is 157 Å². The number of sulfonamides is 3. The number of methoxy groups -OCH3 is 3. The molecule has 8 aromatic carbocycles. The summed E-state index contributed by atoms with van der Waals surface area (Å²) >= 11 is 0. The van der Waals surface area contributed by atoms with Crippen molar-refractivity contribution < 1.29 is 198 Å². The van der Waals surface area contributed by atoms with Crippen LogP contribution >= 0.6 is 15.6 Å². The number of rotatable bonds is 46. The van der Waals surface area contributed by atoms with Crippen LogP contribution in [-0.2, 0) is 132 Å². The number of aliphatic hydroxyl groups excluding tert-OH is 1. The molecule has 0 spiro atoms. The number of alkyl carbamates (subject to hydrolysis) is 3. The fourth-order valence-corrected chi connectivity index (χ4v) is 23.6. The quantitative estimate of drug-likeness (QED) is 0.0198. The van der Waals surface area contributed by atoms with E-state index in [0.29, 0.717) is 66.6 Å². The summed E-state index contributed by atoms with van der Waals surface area (Å²) in [5.74, 6) is 0.865. The van der Waals surface area contributed by atoms with Crippen LogP contribution in [0.3, 0.4) is 0 Å². The second-order valence-corrected chi connectivity index (χ2v) is 44.2. The number of benzene rings is 8. The maximum Gasteiger partial charge on any atom is 1.00 e. The van der Waals surface area contributed by atoms with Crippen molar-refractivity contribution in [2.45, 2.75) is 182 Å². The molecule has 3 amide bonds. The van der Waals surface area contributed by atoms with E-state index in [1.54, 1.807) is 68.4 Å². The topological polar surface area (TPSA) is 448 Å². The number of phosphoric ester groups is 2. The molecule has 36 nitrogen and oxygen atoms in total. The molecule has 6 aliphatic heterocycles. The Labute approximate surface area is 870 Å². The molecule has 4 N–H and O–H groups in total. The first-order valence-corrected chi connectivity index (χ1v) is 53.5. The van der Waals surface area contributed by atoms with Crippen LogP contribution in [-0.4, -0.2) is 235 Å². The van der Waals surface area contributed by atoms with Gasteiger partial charge in [0.2, 0.25) is 30.1 Å². The molecule has 0 saturated carbocycles. The van der Waals surface area contributed by atoms with Crippen LogP contribution in [0.25, 0.3) is 0 Å². The molecule has 6 aliphatic rings. The number of amides is 3. The molecule has 43 heteroatoms. The van der Waals surface area contributed by atoms with Crippen LogP contribution < -0.4 is 99.1 Å². The Morgan fingerprint density at radius 2 is 0.652 bits per heavy atom. The molecule has 15 atom stereocenters. The van der Waals surface area contributed by atoms with Gasteiger partial charge in [-0.1, -0.05) is 193 Å². The number of carbonyl (C=O) groups excluding carboxylic acids is 3. The van der Waals surface area contributed by atoms with Crippen molar-refractivity contribution in [1.29, 1.82) is 0 Å². The number of phosphoric acid groups is 2. The van der Waals surface area contributed by atoms with Crippen molar-refractivity contribution in [3.05, 3.63) is 252 Å². The van der Waals surface area contributed by atoms with Gasteiger partial charge in [0, 0.05) is 39.3 Å². The zero-order valence-corrected chi connectivity index (χ0v) is 89.4. The summed E-state index contributed by atoms with van der Waals surface area (Å²) in [5.41, 5.74) is 3.77.